The SMILES string of the molecule is CCSc1cc(C#N)ccc1[C@@H](C)O. The molecule has 0 saturated carbocycles. The molecule has 0 fully saturated rings. The van der Waals surface area contributed by atoms with Crippen molar-refractivity contribution in [1.29, 1.82) is 5.26 Å². The van der Waals surface area contributed by atoms with E-state index in [0.717, 1.165) is 16.2 Å². The van der Waals surface area contributed by atoms with E-state index in [1.807, 2.05) is 12.1 Å². The number of nitrogens with zero attached hydrogens (tertiary/aromatic N) is 1. The third-order valence-electron chi connectivity index (χ3n) is 1.89. The molecule has 74 valence electrons. The minimum Gasteiger partial charge on any atom is -0.389 e. The molecule has 0 aliphatic rings. The molecule has 1 rings (SSSR count). The highest BCUT2D eigenvalue weighted by Crippen LogP contribution is 2.28. The highest BCUT2D eigenvalue weighted by atomic mass is 32.2. The summed E-state index contributed by atoms with van der Waals surface area (Å²) in [7, 11) is 0. The summed E-state index contributed by atoms with van der Waals surface area (Å²) in [5, 5.41) is 18.2. The predicted molar refractivity (Wildman–Crippen MR) is 58.2 cm³/mol. The van der Waals surface area contributed by atoms with Crippen LogP contribution in [-0.2, 0) is 0 Å². The quantitative estimate of drug-likeness (QED) is 0.775. The van der Waals surface area contributed by atoms with E-state index >= 15 is 0 Å². The second-order valence-electron chi connectivity index (χ2n) is 2.97. The second-order valence-corrected chi connectivity index (χ2v) is 4.28. The van der Waals surface area contributed by atoms with Gasteiger partial charge in [-0.2, -0.15) is 5.26 Å². The summed E-state index contributed by atoms with van der Waals surface area (Å²) in [6, 6.07) is 7.49. The monoisotopic (exact) mass is 207 g/mol. The van der Waals surface area contributed by atoms with E-state index in [1.54, 1.807) is 24.8 Å². The molecule has 0 aliphatic heterocycles. The molecule has 0 aromatic heterocycles. The Kier molecular flexibility index (Phi) is 3.99. The topological polar surface area (TPSA) is 44.0 Å². The number of hydrogen-bond donors (Lipinski definition) is 1. The van der Waals surface area contributed by atoms with Crippen molar-refractivity contribution < 1.29 is 5.11 Å². The molecular weight excluding hydrogens is 194 g/mol. The Morgan fingerprint density at radius 2 is 2.29 bits per heavy atom. The van der Waals surface area contributed by atoms with E-state index in [0.29, 0.717) is 5.56 Å². The number of thioether (sulfide) groups is 1. The average Bonchev–Trinajstić information content (AvgIpc) is 2.17. The van der Waals surface area contributed by atoms with Crippen LogP contribution in [0, 0.1) is 11.3 Å². The van der Waals surface area contributed by atoms with Crippen molar-refractivity contribution in [2.45, 2.75) is 24.8 Å². The minimum absolute atomic E-state index is 0.475. The van der Waals surface area contributed by atoms with Crippen LogP contribution in [0.5, 0.6) is 0 Å². The fourth-order valence-corrected chi connectivity index (χ4v) is 2.16. The molecule has 0 unspecified atom stereocenters. The van der Waals surface area contributed by atoms with Crippen molar-refractivity contribution in [3.05, 3.63) is 29.3 Å². The van der Waals surface area contributed by atoms with Gasteiger partial charge < -0.3 is 5.11 Å². The van der Waals surface area contributed by atoms with Gasteiger partial charge in [0.15, 0.2) is 0 Å². The van der Waals surface area contributed by atoms with Crippen molar-refractivity contribution in [3.63, 3.8) is 0 Å². The molecule has 0 heterocycles. The summed E-state index contributed by atoms with van der Waals surface area (Å²) in [5.41, 5.74) is 1.54. The smallest absolute Gasteiger partial charge is 0.0992 e. The van der Waals surface area contributed by atoms with Crippen molar-refractivity contribution in [2.75, 3.05) is 5.75 Å². The Balaban J connectivity index is 3.11. The van der Waals surface area contributed by atoms with Crippen LogP contribution in [0.4, 0.5) is 0 Å². The van der Waals surface area contributed by atoms with Gasteiger partial charge in [-0.1, -0.05) is 13.0 Å². The van der Waals surface area contributed by atoms with E-state index in [9.17, 15) is 5.11 Å². The maximum atomic E-state index is 9.50. The molecule has 0 saturated heterocycles. The number of aliphatic hydroxyl groups is 1. The molecule has 0 radical (unpaired) electrons. The Morgan fingerprint density at radius 1 is 1.57 bits per heavy atom. The first-order chi connectivity index (χ1) is 6.69. The van der Waals surface area contributed by atoms with Gasteiger partial charge in [-0.3, -0.25) is 0 Å². The Bertz CT molecular complexity index is 355. The molecule has 1 aromatic carbocycles. The third-order valence-corrected chi connectivity index (χ3v) is 2.85. The van der Waals surface area contributed by atoms with Gasteiger partial charge in [-0.25, -0.2) is 0 Å². The number of nitriles is 1. The molecular formula is C11H13NOS. The van der Waals surface area contributed by atoms with Gasteiger partial charge >= 0.3 is 0 Å². The van der Waals surface area contributed by atoms with Crippen LogP contribution in [0.3, 0.4) is 0 Å². The summed E-state index contributed by atoms with van der Waals surface area (Å²) in [6.07, 6.45) is -0.475. The van der Waals surface area contributed by atoms with Crippen LogP contribution in [0.2, 0.25) is 0 Å². The summed E-state index contributed by atoms with van der Waals surface area (Å²) in [5.74, 6) is 0.939. The van der Waals surface area contributed by atoms with Gasteiger partial charge in [0.25, 0.3) is 0 Å². The fraction of sp³-hybridized carbons (Fsp3) is 0.364. The lowest BCUT2D eigenvalue weighted by atomic mass is 10.1. The van der Waals surface area contributed by atoms with Crippen molar-refractivity contribution >= 4 is 11.8 Å². The largest absolute Gasteiger partial charge is 0.389 e. The number of benzene rings is 1. The zero-order valence-corrected chi connectivity index (χ0v) is 9.14. The zero-order valence-electron chi connectivity index (χ0n) is 8.32. The summed E-state index contributed by atoms with van der Waals surface area (Å²) in [6.45, 7) is 3.79. The fourth-order valence-electron chi connectivity index (χ4n) is 1.23. The van der Waals surface area contributed by atoms with E-state index in [4.69, 9.17) is 5.26 Å². The number of hydrogen-bond acceptors (Lipinski definition) is 3. The third kappa shape index (κ3) is 2.50. The standard InChI is InChI=1S/C11H13NOS/c1-3-14-11-6-9(7-12)4-5-10(11)8(2)13/h4-6,8,13H,3H2,1-2H3/t8-/m1/s1. The van der Waals surface area contributed by atoms with Crippen LogP contribution < -0.4 is 0 Å². The predicted octanol–water partition coefficient (Wildman–Crippen LogP) is 2.72. The average molecular weight is 207 g/mol. The maximum absolute atomic E-state index is 9.50. The van der Waals surface area contributed by atoms with Crippen LogP contribution in [-0.4, -0.2) is 10.9 Å². The van der Waals surface area contributed by atoms with Crippen LogP contribution in [0.1, 0.15) is 31.1 Å². The second kappa shape index (κ2) is 5.04. The molecule has 0 amide bonds. The van der Waals surface area contributed by atoms with E-state index < -0.39 is 6.10 Å². The maximum Gasteiger partial charge on any atom is 0.0992 e. The summed E-state index contributed by atoms with van der Waals surface area (Å²) < 4.78 is 0. The van der Waals surface area contributed by atoms with Gasteiger partial charge in [-0.15, -0.1) is 11.8 Å². The highest BCUT2D eigenvalue weighted by Gasteiger charge is 2.08. The molecule has 0 aliphatic carbocycles. The van der Waals surface area contributed by atoms with E-state index in [1.165, 1.54) is 0 Å². The molecule has 0 bridgehead atoms. The molecule has 1 N–H and O–H groups in total. The molecule has 0 spiro atoms. The number of aliphatic hydroxyl groups excluding tert-OH is 1. The van der Waals surface area contributed by atoms with Gasteiger partial charge in [0.2, 0.25) is 0 Å². The normalized spacial score (nSPS) is 12.1. The highest BCUT2D eigenvalue weighted by molar-refractivity contribution is 7.99. The summed E-state index contributed by atoms with van der Waals surface area (Å²) >= 11 is 1.65. The van der Waals surface area contributed by atoms with Gasteiger partial charge in [-0.05, 0) is 30.4 Å². The van der Waals surface area contributed by atoms with Crippen molar-refractivity contribution in [3.8, 4) is 6.07 Å². The van der Waals surface area contributed by atoms with E-state index in [2.05, 4.69) is 13.0 Å². The molecule has 3 heteroatoms. The lowest BCUT2D eigenvalue weighted by molar-refractivity contribution is 0.196. The minimum atomic E-state index is -0.475. The first kappa shape index (κ1) is 11.1. The van der Waals surface area contributed by atoms with Gasteiger partial charge in [0.1, 0.15) is 0 Å². The van der Waals surface area contributed by atoms with Crippen LogP contribution in [0.15, 0.2) is 23.1 Å². The van der Waals surface area contributed by atoms with Gasteiger partial charge in [0.05, 0.1) is 17.7 Å². The van der Waals surface area contributed by atoms with E-state index in [-0.39, 0.29) is 0 Å². The Hall–Kier alpha value is -0.980. The lowest BCUT2D eigenvalue weighted by Crippen LogP contribution is -1.94. The molecule has 1 aromatic rings. The first-order valence-electron chi connectivity index (χ1n) is 4.54. The van der Waals surface area contributed by atoms with Crippen LogP contribution >= 0.6 is 11.8 Å². The van der Waals surface area contributed by atoms with Gasteiger partial charge in [0, 0.05) is 4.90 Å². The molecule has 14 heavy (non-hydrogen) atoms. The van der Waals surface area contributed by atoms with Crippen LogP contribution in [0.25, 0.3) is 0 Å². The Morgan fingerprint density at radius 3 is 2.79 bits per heavy atom. The molecule has 1 atom stereocenters. The first-order valence-corrected chi connectivity index (χ1v) is 5.52. The zero-order chi connectivity index (χ0) is 10.6. The van der Waals surface area contributed by atoms with Crippen molar-refractivity contribution in [2.24, 2.45) is 0 Å². The number of rotatable bonds is 3. The van der Waals surface area contributed by atoms with Crippen molar-refractivity contribution in [1.82, 2.24) is 0 Å². The molecule has 2 nitrogen and oxygen atoms in total. The summed E-state index contributed by atoms with van der Waals surface area (Å²) in [4.78, 5) is 1.00. The lowest BCUT2D eigenvalue weighted by Gasteiger charge is -2.10. The Labute approximate surface area is 88.6 Å².